The van der Waals surface area contributed by atoms with Crippen molar-refractivity contribution in [2.24, 2.45) is 0 Å². The van der Waals surface area contributed by atoms with Crippen LogP contribution < -0.4 is 0 Å². The lowest BCUT2D eigenvalue weighted by atomic mass is 10.3. The highest BCUT2D eigenvalue weighted by atomic mass is 127. The molecule has 0 saturated heterocycles. The Morgan fingerprint density at radius 3 is 2.52 bits per heavy atom. The summed E-state index contributed by atoms with van der Waals surface area (Å²) in [5.41, 5.74) is 0.965. The van der Waals surface area contributed by atoms with Gasteiger partial charge in [0.15, 0.2) is 20.7 Å². The number of aromatic nitrogens is 5. The van der Waals surface area contributed by atoms with E-state index in [1.807, 2.05) is 0 Å². The number of sulfone groups is 1. The van der Waals surface area contributed by atoms with Crippen LogP contribution in [0.3, 0.4) is 0 Å². The average Bonchev–Trinajstić information content (AvgIpc) is 2.89. The number of pyridine rings is 1. The van der Waals surface area contributed by atoms with Gasteiger partial charge >= 0.3 is 0 Å². The van der Waals surface area contributed by atoms with Gasteiger partial charge in [0.2, 0.25) is 0 Å². The lowest BCUT2D eigenvalue weighted by molar-refractivity contribution is 0.596. The van der Waals surface area contributed by atoms with E-state index in [1.54, 1.807) is 6.20 Å². The minimum Gasteiger partial charge on any atom is -0.234 e. The highest BCUT2D eigenvalue weighted by molar-refractivity contribution is 14.1. The first-order chi connectivity index (χ1) is 10.8. The van der Waals surface area contributed by atoms with Crippen LogP contribution in [-0.4, -0.2) is 39.6 Å². The van der Waals surface area contributed by atoms with E-state index in [2.05, 4.69) is 42.9 Å². The molecule has 0 N–H and O–H groups in total. The zero-order valence-electron chi connectivity index (χ0n) is 11.7. The fraction of sp³-hybridized carbons (Fsp3) is 0.0769. The molecule has 7 nitrogen and oxygen atoms in total. The van der Waals surface area contributed by atoms with Gasteiger partial charge in [0.05, 0.1) is 9.77 Å². The number of hydrogen-bond donors (Lipinski definition) is 0. The first kappa shape index (κ1) is 15.9. The molecule has 3 rings (SSSR count). The van der Waals surface area contributed by atoms with Crippen LogP contribution in [0, 0.1) is 9.39 Å². The maximum Gasteiger partial charge on any atom is 0.194 e. The summed E-state index contributed by atoms with van der Waals surface area (Å²) in [5.74, 6) is 0.0225. The van der Waals surface area contributed by atoms with Gasteiger partial charge in [-0.3, -0.25) is 0 Å². The molecule has 0 aromatic carbocycles. The zero-order valence-corrected chi connectivity index (χ0v) is 14.7. The fourth-order valence-corrected chi connectivity index (χ4v) is 2.94. The van der Waals surface area contributed by atoms with E-state index in [-0.39, 0.29) is 5.03 Å². The molecule has 0 aliphatic carbocycles. The molecule has 0 atom stereocenters. The number of nitrogens with zero attached hydrogens (tertiary/aromatic N) is 5. The first-order valence-corrected chi connectivity index (χ1v) is 9.23. The molecule has 0 spiro atoms. The van der Waals surface area contributed by atoms with Crippen molar-refractivity contribution in [3.8, 4) is 17.2 Å². The normalized spacial score (nSPS) is 11.6. The third-order valence-electron chi connectivity index (χ3n) is 2.88. The van der Waals surface area contributed by atoms with Crippen LogP contribution in [0.25, 0.3) is 17.2 Å². The van der Waals surface area contributed by atoms with Crippen LogP contribution >= 0.6 is 22.6 Å². The van der Waals surface area contributed by atoms with Gasteiger partial charge < -0.3 is 0 Å². The largest absolute Gasteiger partial charge is 0.234 e. The van der Waals surface area contributed by atoms with Crippen LogP contribution in [0.5, 0.6) is 0 Å². The van der Waals surface area contributed by atoms with Gasteiger partial charge in [-0.25, -0.2) is 22.5 Å². The SMILES string of the molecule is CS(=O)(=O)c1ccc(-c2nn(-c3ccc(F)cn3)cc2I)nn1. The van der Waals surface area contributed by atoms with E-state index in [0.29, 0.717) is 17.2 Å². The minimum absolute atomic E-state index is 0.101. The number of hydrogen-bond acceptors (Lipinski definition) is 6. The summed E-state index contributed by atoms with van der Waals surface area (Å²) in [7, 11) is -3.40. The molecular weight excluding hydrogens is 436 g/mol. The highest BCUT2D eigenvalue weighted by Crippen LogP contribution is 2.23. The Balaban J connectivity index is 1.99. The van der Waals surface area contributed by atoms with Gasteiger partial charge in [-0.05, 0) is 46.9 Å². The fourth-order valence-electron chi connectivity index (χ4n) is 1.79. The van der Waals surface area contributed by atoms with Crippen LogP contribution in [-0.2, 0) is 9.84 Å². The Morgan fingerprint density at radius 2 is 1.96 bits per heavy atom. The zero-order chi connectivity index (χ0) is 16.6. The third-order valence-corrected chi connectivity index (χ3v) is 4.65. The third kappa shape index (κ3) is 3.37. The first-order valence-electron chi connectivity index (χ1n) is 6.26. The lowest BCUT2D eigenvalue weighted by Gasteiger charge is -2.00. The Morgan fingerprint density at radius 1 is 1.17 bits per heavy atom. The molecule has 0 unspecified atom stereocenters. The monoisotopic (exact) mass is 445 g/mol. The maximum atomic E-state index is 12.9. The summed E-state index contributed by atoms with van der Waals surface area (Å²) in [6, 6.07) is 5.71. The molecule has 0 bridgehead atoms. The van der Waals surface area contributed by atoms with Crippen LogP contribution in [0.1, 0.15) is 0 Å². The van der Waals surface area contributed by atoms with E-state index >= 15 is 0 Å². The Labute approximate surface area is 144 Å². The molecule has 23 heavy (non-hydrogen) atoms. The van der Waals surface area contributed by atoms with Crippen molar-refractivity contribution < 1.29 is 12.8 Å². The summed E-state index contributed by atoms with van der Waals surface area (Å²) in [5, 5.41) is 11.9. The predicted octanol–water partition coefficient (Wildman–Crippen LogP) is 1.87. The average molecular weight is 445 g/mol. The summed E-state index contributed by atoms with van der Waals surface area (Å²) < 4.78 is 38.0. The Kier molecular flexibility index (Phi) is 4.10. The van der Waals surface area contributed by atoms with Gasteiger partial charge in [-0.2, -0.15) is 5.10 Å². The Bertz CT molecular complexity index is 955. The molecule has 118 valence electrons. The lowest BCUT2D eigenvalue weighted by Crippen LogP contribution is -2.03. The van der Waals surface area contributed by atoms with Gasteiger partial charge in [-0.15, -0.1) is 10.2 Å². The molecule has 0 fully saturated rings. The molecule has 0 radical (unpaired) electrons. The van der Waals surface area contributed by atoms with Crippen LogP contribution in [0.2, 0.25) is 0 Å². The quantitative estimate of drug-likeness (QED) is 0.572. The molecule has 0 amide bonds. The van der Waals surface area contributed by atoms with Crippen molar-refractivity contribution in [2.45, 2.75) is 5.03 Å². The second-order valence-corrected chi connectivity index (χ2v) is 7.76. The molecule has 3 heterocycles. The molecule has 0 saturated carbocycles. The molecule has 0 aliphatic heterocycles. The second kappa shape index (κ2) is 5.92. The number of halogens is 2. The van der Waals surface area contributed by atoms with E-state index in [4.69, 9.17) is 0 Å². The van der Waals surface area contributed by atoms with Crippen molar-refractivity contribution >= 4 is 32.4 Å². The summed E-state index contributed by atoms with van der Waals surface area (Å²) in [4.78, 5) is 3.95. The van der Waals surface area contributed by atoms with Gasteiger partial charge in [-0.1, -0.05) is 0 Å². The summed E-state index contributed by atoms with van der Waals surface area (Å²) in [6.07, 6.45) is 3.88. The topological polar surface area (TPSA) is 90.6 Å². The van der Waals surface area contributed by atoms with Crippen molar-refractivity contribution in [1.82, 2.24) is 25.0 Å². The van der Waals surface area contributed by atoms with Gasteiger partial charge in [0.25, 0.3) is 0 Å². The molecule has 0 aliphatic rings. The minimum atomic E-state index is -3.40. The molecular formula is C13H9FIN5O2S. The summed E-state index contributed by atoms with van der Waals surface area (Å²) in [6.45, 7) is 0. The molecule has 3 aromatic rings. The summed E-state index contributed by atoms with van der Waals surface area (Å²) >= 11 is 2.07. The standard InChI is InChI=1S/C13H9FIN5O2S/c1-23(21,22)12-5-3-10(17-18-12)13-9(15)7-20(19-13)11-4-2-8(14)6-16-11/h2-7H,1H3. The van der Waals surface area contributed by atoms with E-state index in [9.17, 15) is 12.8 Å². The molecule has 10 heteroatoms. The van der Waals surface area contributed by atoms with Crippen molar-refractivity contribution in [1.29, 1.82) is 0 Å². The van der Waals surface area contributed by atoms with Crippen molar-refractivity contribution in [2.75, 3.05) is 6.26 Å². The Hall–Kier alpha value is -1.95. The van der Waals surface area contributed by atoms with Gasteiger partial charge in [0, 0.05) is 12.5 Å². The number of rotatable bonds is 3. The van der Waals surface area contributed by atoms with Crippen LogP contribution in [0.15, 0.2) is 41.7 Å². The smallest absolute Gasteiger partial charge is 0.194 e. The predicted molar refractivity (Wildman–Crippen MR) is 88.2 cm³/mol. The van der Waals surface area contributed by atoms with Crippen molar-refractivity contribution in [3.05, 3.63) is 46.0 Å². The van der Waals surface area contributed by atoms with Crippen molar-refractivity contribution in [3.63, 3.8) is 0 Å². The van der Waals surface area contributed by atoms with E-state index < -0.39 is 15.7 Å². The maximum absolute atomic E-state index is 12.9. The molecule has 3 aromatic heterocycles. The van der Waals surface area contributed by atoms with E-state index in [0.717, 1.165) is 16.0 Å². The van der Waals surface area contributed by atoms with Gasteiger partial charge in [0.1, 0.15) is 17.2 Å². The second-order valence-electron chi connectivity index (χ2n) is 4.63. The highest BCUT2D eigenvalue weighted by Gasteiger charge is 2.15. The van der Waals surface area contributed by atoms with Crippen LogP contribution in [0.4, 0.5) is 4.39 Å². The van der Waals surface area contributed by atoms with E-state index in [1.165, 1.54) is 28.9 Å².